The van der Waals surface area contributed by atoms with E-state index in [1.165, 1.54) is 19.3 Å². The second-order valence-electron chi connectivity index (χ2n) is 10.1. The smallest absolute Gasteiger partial charge is 0.258 e. The largest absolute Gasteiger partial charge is 0.483 e. The van der Waals surface area contributed by atoms with Crippen molar-refractivity contribution < 1.29 is 14.3 Å². The van der Waals surface area contributed by atoms with Gasteiger partial charge in [-0.25, -0.2) is 0 Å². The molecule has 4 fully saturated rings. The Kier molecular flexibility index (Phi) is 5.66. The van der Waals surface area contributed by atoms with Gasteiger partial charge in [0.15, 0.2) is 6.61 Å². The molecule has 6 rings (SSSR count). The molecule has 0 aliphatic heterocycles. The van der Waals surface area contributed by atoms with Crippen LogP contribution in [-0.4, -0.2) is 24.0 Å². The summed E-state index contributed by atoms with van der Waals surface area (Å²) in [6, 6.07) is 16.8. The highest BCUT2D eigenvalue weighted by molar-refractivity contribution is 5.97. The molecule has 32 heavy (non-hydrogen) atoms. The molecule has 4 aliphatic rings. The molecule has 2 N–H and O–H groups in total. The van der Waals surface area contributed by atoms with E-state index in [4.69, 9.17) is 4.74 Å². The van der Waals surface area contributed by atoms with Gasteiger partial charge in [-0.05, 0) is 80.9 Å². The predicted octanol–water partition coefficient (Wildman–Crippen LogP) is 4.64. The van der Waals surface area contributed by atoms with E-state index in [9.17, 15) is 9.59 Å². The van der Waals surface area contributed by atoms with Crippen LogP contribution in [0.25, 0.3) is 0 Å². The van der Waals surface area contributed by atoms with Crippen molar-refractivity contribution in [1.82, 2.24) is 10.6 Å². The number of hydrogen-bond acceptors (Lipinski definition) is 3. The standard InChI is InChI=1S/C27H32N2O3/c1-18(22-7-3-2-4-8-22)28-26(31)23-9-5-6-10-24(23)32-17-25(30)29-27-14-19-11-20(15-27)13-21(12-19)16-27/h2-10,18-21H,11-17H2,1H3,(H,28,31)(H,29,30)/t18-,19?,20?,21?,27?/m0/s1. The number of amides is 2. The van der Waals surface area contributed by atoms with E-state index in [-0.39, 0.29) is 30.0 Å². The summed E-state index contributed by atoms with van der Waals surface area (Å²) in [6.45, 7) is 1.88. The van der Waals surface area contributed by atoms with E-state index in [1.54, 1.807) is 12.1 Å². The molecule has 0 radical (unpaired) electrons. The second-order valence-corrected chi connectivity index (χ2v) is 10.1. The van der Waals surface area contributed by atoms with Gasteiger partial charge < -0.3 is 15.4 Å². The Morgan fingerprint density at radius 2 is 1.53 bits per heavy atom. The van der Waals surface area contributed by atoms with Gasteiger partial charge in [-0.15, -0.1) is 0 Å². The molecule has 4 saturated carbocycles. The number of hydrogen-bond donors (Lipinski definition) is 2. The van der Waals surface area contributed by atoms with Crippen LogP contribution in [0.1, 0.15) is 67.4 Å². The Morgan fingerprint density at radius 3 is 2.19 bits per heavy atom. The summed E-state index contributed by atoms with van der Waals surface area (Å²) in [5.41, 5.74) is 1.45. The third-order valence-corrected chi connectivity index (χ3v) is 7.58. The lowest BCUT2D eigenvalue weighted by Gasteiger charge is -2.56. The van der Waals surface area contributed by atoms with Gasteiger partial charge in [-0.3, -0.25) is 9.59 Å². The number of benzene rings is 2. The molecule has 5 heteroatoms. The highest BCUT2D eigenvalue weighted by Gasteiger charge is 2.51. The van der Waals surface area contributed by atoms with Crippen molar-refractivity contribution in [3.8, 4) is 5.75 Å². The first-order valence-electron chi connectivity index (χ1n) is 11.9. The van der Waals surface area contributed by atoms with Crippen LogP contribution < -0.4 is 15.4 Å². The average molecular weight is 433 g/mol. The topological polar surface area (TPSA) is 67.4 Å². The monoisotopic (exact) mass is 432 g/mol. The van der Waals surface area contributed by atoms with Gasteiger partial charge in [0.2, 0.25) is 0 Å². The molecule has 5 nitrogen and oxygen atoms in total. The number of nitrogens with one attached hydrogen (secondary N) is 2. The van der Waals surface area contributed by atoms with Crippen molar-refractivity contribution >= 4 is 11.8 Å². The van der Waals surface area contributed by atoms with Crippen molar-refractivity contribution in [2.75, 3.05) is 6.61 Å². The zero-order valence-electron chi connectivity index (χ0n) is 18.7. The van der Waals surface area contributed by atoms with Crippen molar-refractivity contribution in [1.29, 1.82) is 0 Å². The quantitative estimate of drug-likeness (QED) is 0.670. The summed E-state index contributed by atoms with van der Waals surface area (Å²) >= 11 is 0. The molecule has 0 heterocycles. The molecule has 0 spiro atoms. The normalized spacial score (nSPS) is 28.7. The van der Waals surface area contributed by atoms with Gasteiger partial charge in [-0.1, -0.05) is 42.5 Å². The molecule has 1 atom stereocenters. The number of ether oxygens (including phenoxy) is 1. The minimum absolute atomic E-state index is 0.0306. The lowest BCUT2D eigenvalue weighted by molar-refractivity contribution is -0.128. The lowest BCUT2D eigenvalue weighted by atomic mass is 9.53. The van der Waals surface area contributed by atoms with Crippen molar-refractivity contribution in [2.45, 2.75) is 57.0 Å². The highest BCUT2D eigenvalue weighted by Crippen LogP contribution is 2.55. The Labute approximate surface area is 189 Å². The maximum absolute atomic E-state index is 12.9. The molecular formula is C27H32N2O3. The second kappa shape index (κ2) is 8.61. The summed E-state index contributed by atoms with van der Waals surface area (Å²) in [4.78, 5) is 25.7. The number of para-hydroxylation sites is 1. The third kappa shape index (κ3) is 4.38. The van der Waals surface area contributed by atoms with Crippen LogP contribution in [0.5, 0.6) is 5.75 Å². The molecule has 4 aliphatic carbocycles. The summed E-state index contributed by atoms with van der Waals surface area (Å²) in [6.07, 6.45) is 7.36. The van der Waals surface area contributed by atoms with Gasteiger partial charge in [0.25, 0.3) is 11.8 Å². The zero-order valence-corrected chi connectivity index (χ0v) is 18.7. The Hall–Kier alpha value is -2.82. The third-order valence-electron chi connectivity index (χ3n) is 7.58. The van der Waals surface area contributed by atoms with E-state index in [2.05, 4.69) is 10.6 Å². The first-order chi connectivity index (χ1) is 15.5. The number of rotatable bonds is 7. The van der Waals surface area contributed by atoms with E-state index >= 15 is 0 Å². The van der Waals surface area contributed by atoms with Crippen LogP contribution in [0.2, 0.25) is 0 Å². The van der Waals surface area contributed by atoms with Gasteiger partial charge in [0.05, 0.1) is 11.6 Å². The minimum atomic E-state index is -0.210. The van der Waals surface area contributed by atoms with Crippen LogP contribution in [-0.2, 0) is 4.79 Å². The summed E-state index contributed by atoms with van der Waals surface area (Å²) in [5, 5.41) is 6.36. The molecule has 0 unspecified atom stereocenters. The average Bonchev–Trinajstić information content (AvgIpc) is 2.77. The maximum atomic E-state index is 12.9. The van der Waals surface area contributed by atoms with Crippen LogP contribution in [0, 0.1) is 17.8 Å². The van der Waals surface area contributed by atoms with Gasteiger partial charge in [-0.2, -0.15) is 0 Å². The molecule has 2 amide bonds. The van der Waals surface area contributed by atoms with E-state index in [1.807, 2.05) is 49.4 Å². The lowest BCUT2D eigenvalue weighted by Crippen LogP contribution is -2.60. The van der Waals surface area contributed by atoms with E-state index in [0.29, 0.717) is 11.3 Å². The minimum Gasteiger partial charge on any atom is -0.483 e. The molecule has 0 aromatic heterocycles. The predicted molar refractivity (Wildman–Crippen MR) is 123 cm³/mol. The maximum Gasteiger partial charge on any atom is 0.258 e. The summed E-state index contributed by atoms with van der Waals surface area (Å²) in [7, 11) is 0. The first-order valence-corrected chi connectivity index (χ1v) is 11.9. The first kappa shape index (κ1) is 21.0. The molecule has 0 saturated heterocycles. The summed E-state index contributed by atoms with van der Waals surface area (Å²) in [5.74, 6) is 2.47. The Balaban J connectivity index is 1.20. The molecule has 168 valence electrons. The Bertz CT molecular complexity index is 952. The SMILES string of the molecule is C[C@H](NC(=O)c1ccccc1OCC(=O)NC12CC3CC(CC(C3)C1)C2)c1ccccc1. The molecule has 4 bridgehead atoms. The van der Waals surface area contributed by atoms with E-state index < -0.39 is 0 Å². The zero-order chi connectivity index (χ0) is 22.1. The van der Waals surface area contributed by atoms with Crippen LogP contribution >= 0.6 is 0 Å². The fourth-order valence-electron chi connectivity index (χ4n) is 6.62. The van der Waals surface area contributed by atoms with Crippen LogP contribution in [0.3, 0.4) is 0 Å². The Morgan fingerprint density at radius 1 is 0.938 bits per heavy atom. The van der Waals surface area contributed by atoms with Crippen LogP contribution in [0.15, 0.2) is 54.6 Å². The molecule has 2 aromatic rings. The van der Waals surface area contributed by atoms with Crippen molar-refractivity contribution in [2.24, 2.45) is 17.8 Å². The highest BCUT2D eigenvalue weighted by atomic mass is 16.5. The molecule has 2 aromatic carbocycles. The number of carbonyl (C=O) groups is 2. The van der Waals surface area contributed by atoms with Crippen molar-refractivity contribution in [3.63, 3.8) is 0 Å². The fourth-order valence-corrected chi connectivity index (χ4v) is 6.62. The van der Waals surface area contributed by atoms with Crippen LogP contribution in [0.4, 0.5) is 0 Å². The van der Waals surface area contributed by atoms with E-state index in [0.717, 1.165) is 42.6 Å². The fraction of sp³-hybridized carbons (Fsp3) is 0.481. The van der Waals surface area contributed by atoms with Gasteiger partial charge >= 0.3 is 0 Å². The summed E-state index contributed by atoms with van der Waals surface area (Å²) < 4.78 is 5.85. The van der Waals surface area contributed by atoms with Crippen molar-refractivity contribution in [3.05, 3.63) is 65.7 Å². The van der Waals surface area contributed by atoms with Gasteiger partial charge in [0, 0.05) is 5.54 Å². The van der Waals surface area contributed by atoms with Gasteiger partial charge in [0.1, 0.15) is 5.75 Å². The number of carbonyl (C=O) groups excluding carboxylic acids is 2. The molecular weight excluding hydrogens is 400 g/mol.